The van der Waals surface area contributed by atoms with Crippen molar-refractivity contribution in [3.05, 3.63) is 102 Å². The first kappa shape index (κ1) is 20.7. The second kappa shape index (κ2) is 9.49. The van der Waals surface area contributed by atoms with E-state index in [4.69, 9.17) is 5.73 Å². The Kier molecular flexibility index (Phi) is 6.33. The molecular weight excluding hydrogens is 408 g/mol. The van der Waals surface area contributed by atoms with Gasteiger partial charge in [-0.15, -0.1) is 11.8 Å². The van der Waals surface area contributed by atoms with Crippen molar-refractivity contribution in [2.45, 2.75) is 23.1 Å². The third-order valence-electron chi connectivity index (χ3n) is 4.85. The summed E-state index contributed by atoms with van der Waals surface area (Å²) < 4.78 is 1.99. The number of pyridine rings is 1. The van der Waals surface area contributed by atoms with E-state index in [2.05, 4.69) is 10.3 Å². The predicted molar refractivity (Wildman–Crippen MR) is 122 cm³/mol. The number of fused-ring (bicyclic) bond motifs is 1. The van der Waals surface area contributed by atoms with Gasteiger partial charge in [0.15, 0.2) is 0 Å². The number of aromatic nitrogens is 2. The van der Waals surface area contributed by atoms with Crippen LogP contribution in [0.15, 0.2) is 90.1 Å². The lowest BCUT2D eigenvalue weighted by atomic mass is 10.0. The second-order valence-electron chi connectivity index (χ2n) is 7.13. The molecule has 2 amide bonds. The Morgan fingerprint density at radius 2 is 1.74 bits per heavy atom. The summed E-state index contributed by atoms with van der Waals surface area (Å²) in [6, 6.07) is 21.9. The maximum absolute atomic E-state index is 12.6. The summed E-state index contributed by atoms with van der Waals surface area (Å²) in [5.74, 6) is -0.151. The molecule has 0 aliphatic rings. The van der Waals surface area contributed by atoms with Gasteiger partial charge in [0.05, 0.1) is 5.69 Å². The average Bonchev–Trinajstić information content (AvgIpc) is 3.21. The lowest BCUT2D eigenvalue weighted by molar-refractivity contribution is -0.119. The number of amides is 2. The molecule has 6 nitrogen and oxygen atoms in total. The van der Waals surface area contributed by atoms with Crippen LogP contribution in [-0.4, -0.2) is 27.2 Å². The van der Waals surface area contributed by atoms with Crippen molar-refractivity contribution >= 4 is 29.2 Å². The van der Waals surface area contributed by atoms with Crippen molar-refractivity contribution in [1.82, 2.24) is 14.7 Å². The molecule has 0 radical (unpaired) electrons. The van der Waals surface area contributed by atoms with Crippen molar-refractivity contribution in [3.63, 3.8) is 0 Å². The molecule has 1 unspecified atom stereocenters. The van der Waals surface area contributed by atoms with Crippen LogP contribution in [0.3, 0.4) is 0 Å². The molecule has 0 bridgehead atoms. The van der Waals surface area contributed by atoms with Crippen LogP contribution in [0.4, 0.5) is 0 Å². The van der Waals surface area contributed by atoms with E-state index in [-0.39, 0.29) is 5.91 Å². The molecule has 2 aromatic carbocycles. The summed E-state index contributed by atoms with van der Waals surface area (Å²) >= 11 is 1.65. The fourth-order valence-electron chi connectivity index (χ4n) is 3.23. The monoisotopic (exact) mass is 430 g/mol. The summed E-state index contributed by atoms with van der Waals surface area (Å²) in [6.07, 6.45) is 4.34. The Balaban J connectivity index is 1.36. The minimum Gasteiger partial charge on any atom is -0.368 e. The standard InChI is InChI=1S/C24H22N4O2S/c25-23(29)21(14-17-6-2-1-3-7-17)27-24(30)18-9-11-20(12-10-18)31-16-19-15-28-13-5-4-8-22(28)26-19/h1-13,15,21H,14,16H2,(H2,25,29)(H,27,30). The summed E-state index contributed by atoms with van der Waals surface area (Å²) in [4.78, 5) is 30.0. The molecule has 0 fully saturated rings. The molecule has 0 saturated heterocycles. The normalized spacial score (nSPS) is 11.9. The molecule has 0 spiro atoms. The van der Waals surface area contributed by atoms with Crippen LogP contribution in [-0.2, 0) is 17.0 Å². The number of nitrogens with two attached hydrogens (primary N) is 1. The lowest BCUT2D eigenvalue weighted by Gasteiger charge is -2.15. The number of hydrogen-bond donors (Lipinski definition) is 2. The van der Waals surface area contributed by atoms with Crippen LogP contribution in [0, 0.1) is 0 Å². The Labute approximate surface area is 184 Å². The molecule has 4 aromatic rings. The van der Waals surface area contributed by atoms with Crippen LogP contribution in [0.5, 0.6) is 0 Å². The molecule has 1 atom stereocenters. The smallest absolute Gasteiger partial charge is 0.251 e. The van der Waals surface area contributed by atoms with Gasteiger partial charge in [0, 0.05) is 35.0 Å². The fraction of sp³-hybridized carbons (Fsp3) is 0.125. The highest BCUT2D eigenvalue weighted by Crippen LogP contribution is 2.23. The Morgan fingerprint density at radius 3 is 2.45 bits per heavy atom. The highest BCUT2D eigenvalue weighted by molar-refractivity contribution is 7.98. The van der Waals surface area contributed by atoms with E-state index < -0.39 is 11.9 Å². The number of nitrogens with zero attached hydrogens (tertiary/aromatic N) is 2. The predicted octanol–water partition coefficient (Wildman–Crippen LogP) is 3.45. The molecule has 2 heterocycles. The molecule has 0 aliphatic carbocycles. The second-order valence-corrected chi connectivity index (χ2v) is 8.18. The lowest BCUT2D eigenvalue weighted by Crippen LogP contribution is -2.45. The summed E-state index contributed by atoms with van der Waals surface area (Å²) in [5.41, 5.74) is 8.82. The number of carbonyl (C=O) groups excluding carboxylic acids is 2. The minimum absolute atomic E-state index is 0.323. The molecule has 156 valence electrons. The Bertz CT molecular complexity index is 1160. The Hall–Kier alpha value is -3.58. The molecule has 2 aromatic heterocycles. The molecule has 7 heteroatoms. The first-order valence-corrected chi connectivity index (χ1v) is 10.9. The summed E-state index contributed by atoms with van der Waals surface area (Å²) in [6.45, 7) is 0. The number of benzene rings is 2. The van der Waals surface area contributed by atoms with Gasteiger partial charge >= 0.3 is 0 Å². The van der Waals surface area contributed by atoms with Crippen LogP contribution in [0.25, 0.3) is 5.65 Å². The van der Waals surface area contributed by atoms with Crippen molar-refractivity contribution in [2.24, 2.45) is 5.73 Å². The molecule has 31 heavy (non-hydrogen) atoms. The topological polar surface area (TPSA) is 89.5 Å². The van der Waals surface area contributed by atoms with Crippen molar-refractivity contribution in [3.8, 4) is 0 Å². The molecule has 0 aliphatic heterocycles. The van der Waals surface area contributed by atoms with E-state index in [1.54, 1.807) is 23.9 Å². The van der Waals surface area contributed by atoms with E-state index in [0.29, 0.717) is 12.0 Å². The average molecular weight is 431 g/mol. The van der Waals surface area contributed by atoms with Gasteiger partial charge in [-0.3, -0.25) is 9.59 Å². The zero-order chi connectivity index (χ0) is 21.6. The van der Waals surface area contributed by atoms with E-state index in [1.807, 2.05) is 77.5 Å². The van der Waals surface area contributed by atoms with E-state index in [0.717, 1.165) is 27.6 Å². The third kappa shape index (κ3) is 5.32. The highest BCUT2D eigenvalue weighted by Gasteiger charge is 2.19. The number of primary amides is 1. The van der Waals surface area contributed by atoms with Crippen LogP contribution in [0.2, 0.25) is 0 Å². The first-order valence-electron chi connectivity index (χ1n) is 9.88. The van der Waals surface area contributed by atoms with Gasteiger partial charge in [0.25, 0.3) is 5.91 Å². The van der Waals surface area contributed by atoms with E-state index in [9.17, 15) is 9.59 Å². The number of rotatable bonds is 8. The summed E-state index contributed by atoms with van der Waals surface area (Å²) in [7, 11) is 0. The van der Waals surface area contributed by atoms with Crippen LogP contribution >= 0.6 is 11.8 Å². The summed E-state index contributed by atoms with van der Waals surface area (Å²) in [5, 5.41) is 2.74. The Morgan fingerprint density at radius 1 is 1.00 bits per heavy atom. The van der Waals surface area contributed by atoms with E-state index >= 15 is 0 Å². The van der Waals surface area contributed by atoms with E-state index in [1.165, 1.54) is 0 Å². The third-order valence-corrected chi connectivity index (χ3v) is 5.89. The number of hydrogen-bond acceptors (Lipinski definition) is 4. The van der Waals surface area contributed by atoms with Crippen LogP contribution in [0.1, 0.15) is 21.6 Å². The van der Waals surface area contributed by atoms with Crippen LogP contribution < -0.4 is 11.1 Å². The minimum atomic E-state index is -0.765. The van der Waals surface area contributed by atoms with Crippen molar-refractivity contribution in [1.29, 1.82) is 0 Å². The molecular formula is C24H22N4O2S. The number of thioether (sulfide) groups is 1. The van der Waals surface area contributed by atoms with Gasteiger partial charge in [0.1, 0.15) is 11.7 Å². The van der Waals surface area contributed by atoms with Crippen molar-refractivity contribution in [2.75, 3.05) is 0 Å². The first-order chi connectivity index (χ1) is 15.1. The molecule has 0 saturated carbocycles. The maximum atomic E-state index is 12.6. The van der Waals surface area contributed by atoms with Crippen molar-refractivity contribution < 1.29 is 9.59 Å². The molecule has 3 N–H and O–H groups in total. The quantitative estimate of drug-likeness (QED) is 0.419. The van der Waals surface area contributed by atoms with Gasteiger partial charge in [-0.2, -0.15) is 0 Å². The molecule has 4 rings (SSSR count). The largest absolute Gasteiger partial charge is 0.368 e. The SMILES string of the molecule is NC(=O)C(Cc1ccccc1)NC(=O)c1ccc(SCc2cn3ccccc3n2)cc1. The highest BCUT2D eigenvalue weighted by atomic mass is 32.2. The van der Waals surface area contributed by atoms with Gasteiger partial charge in [-0.1, -0.05) is 36.4 Å². The number of nitrogens with one attached hydrogen (secondary N) is 1. The van der Waals surface area contributed by atoms with Gasteiger partial charge in [-0.25, -0.2) is 4.98 Å². The van der Waals surface area contributed by atoms with Gasteiger partial charge in [0.2, 0.25) is 5.91 Å². The fourth-order valence-corrected chi connectivity index (χ4v) is 4.01. The number of carbonyl (C=O) groups is 2. The zero-order valence-corrected chi connectivity index (χ0v) is 17.6. The zero-order valence-electron chi connectivity index (χ0n) is 16.8. The van der Waals surface area contributed by atoms with Gasteiger partial charge < -0.3 is 15.5 Å². The van der Waals surface area contributed by atoms with Gasteiger partial charge in [-0.05, 0) is 42.0 Å². The number of imidazole rings is 1. The maximum Gasteiger partial charge on any atom is 0.251 e.